The van der Waals surface area contributed by atoms with Crippen molar-refractivity contribution in [3.8, 4) is 0 Å². The molecule has 0 amide bonds. The third-order valence-electron chi connectivity index (χ3n) is 2.92. The number of rotatable bonds is 8. The first-order valence-electron chi connectivity index (χ1n) is 7.01. The van der Waals surface area contributed by atoms with Gasteiger partial charge in [-0.25, -0.2) is 15.0 Å². The molecule has 20 heavy (non-hydrogen) atoms. The van der Waals surface area contributed by atoms with Crippen LogP contribution in [0.3, 0.4) is 0 Å². The van der Waals surface area contributed by atoms with Crippen molar-refractivity contribution in [1.29, 1.82) is 0 Å². The van der Waals surface area contributed by atoms with Crippen LogP contribution >= 0.6 is 15.9 Å². The number of nitrogens with one attached hydrogen (secondary N) is 1. The highest BCUT2D eigenvalue weighted by molar-refractivity contribution is 9.10. The van der Waals surface area contributed by atoms with E-state index in [1.807, 2.05) is 24.8 Å². The highest BCUT2D eigenvalue weighted by atomic mass is 79.9. The van der Waals surface area contributed by atoms with E-state index < -0.39 is 0 Å². The predicted molar refractivity (Wildman–Crippen MR) is 83.7 cm³/mol. The molecule has 0 spiro atoms. The fourth-order valence-corrected chi connectivity index (χ4v) is 2.37. The van der Waals surface area contributed by atoms with Crippen LogP contribution in [0.5, 0.6) is 0 Å². The lowest BCUT2D eigenvalue weighted by molar-refractivity contribution is 0.620. The molecule has 2 aromatic heterocycles. The average molecular weight is 338 g/mol. The largest absolute Gasteiger partial charge is 0.370 e. The van der Waals surface area contributed by atoms with E-state index in [1.165, 1.54) is 0 Å². The average Bonchev–Trinajstić information content (AvgIpc) is 2.91. The molecule has 1 N–H and O–H groups in total. The van der Waals surface area contributed by atoms with Gasteiger partial charge in [-0.05, 0) is 35.2 Å². The summed E-state index contributed by atoms with van der Waals surface area (Å²) in [6, 6.07) is 1.93. The summed E-state index contributed by atoms with van der Waals surface area (Å²) in [5, 5.41) is 3.36. The van der Waals surface area contributed by atoms with E-state index in [-0.39, 0.29) is 0 Å². The summed E-state index contributed by atoms with van der Waals surface area (Å²) >= 11 is 3.43. The third-order valence-corrected chi connectivity index (χ3v) is 3.33. The highest BCUT2D eigenvalue weighted by Gasteiger charge is 2.02. The molecular weight excluding hydrogens is 318 g/mol. The zero-order valence-corrected chi connectivity index (χ0v) is 13.3. The van der Waals surface area contributed by atoms with Gasteiger partial charge < -0.3 is 9.88 Å². The maximum atomic E-state index is 4.50. The Labute approximate surface area is 128 Å². The van der Waals surface area contributed by atoms with Gasteiger partial charge >= 0.3 is 0 Å². The van der Waals surface area contributed by atoms with Gasteiger partial charge in [0.05, 0.1) is 6.33 Å². The van der Waals surface area contributed by atoms with E-state index in [9.17, 15) is 0 Å². The summed E-state index contributed by atoms with van der Waals surface area (Å²) in [7, 11) is 0. The minimum Gasteiger partial charge on any atom is -0.370 e. The Kier molecular flexibility index (Phi) is 5.98. The Bertz CT molecular complexity index is 512. The van der Waals surface area contributed by atoms with Crippen molar-refractivity contribution in [2.75, 3.05) is 11.9 Å². The lowest BCUT2D eigenvalue weighted by Crippen LogP contribution is -2.07. The minimum atomic E-state index is 0.844. The van der Waals surface area contributed by atoms with Crippen LogP contribution in [-0.2, 0) is 13.0 Å². The van der Waals surface area contributed by atoms with Gasteiger partial charge in [0.1, 0.15) is 16.2 Å². The summed E-state index contributed by atoms with van der Waals surface area (Å²) in [5.41, 5.74) is 0. The molecule has 0 radical (unpaired) electrons. The number of halogens is 1. The molecule has 0 saturated heterocycles. The molecule has 6 heteroatoms. The molecular formula is C14H20BrN5. The van der Waals surface area contributed by atoms with Crippen molar-refractivity contribution in [2.45, 2.75) is 39.2 Å². The Hall–Kier alpha value is -1.43. The predicted octanol–water partition coefficient (Wildman–Crippen LogP) is 3.28. The number of unbranched alkanes of at least 4 members (excludes halogenated alkanes) is 1. The van der Waals surface area contributed by atoms with Crippen molar-refractivity contribution >= 4 is 21.7 Å². The van der Waals surface area contributed by atoms with Crippen LogP contribution in [0.15, 0.2) is 29.4 Å². The summed E-state index contributed by atoms with van der Waals surface area (Å²) in [4.78, 5) is 12.9. The first-order chi connectivity index (χ1) is 9.78. The number of aryl methyl sites for hydroxylation is 2. The summed E-state index contributed by atoms with van der Waals surface area (Å²) < 4.78 is 2.94. The Morgan fingerprint density at radius 3 is 2.95 bits per heavy atom. The van der Waals surface area contributed by atoms with E-state index >= 15 is 0 Å². The Morgan fingerprint density at radius 1 is 1.30 bits per heavy atom. The number of anilines is 1. The lowest BCUT2D eigenvalue weighted by atomic mass is 10.3. The van der Waals surface area contributed by atoms with Crippen molar-refractivity contribution in [1.82, 2.24) is 19.5 Å². The molecule has 0 saturated carbocycles. The molecule has 2 heterocycles. The summed E-state index contributed by atoms with van der Waals surface area (Å²) in [5.74, 6) is 1.79. The topological polar surface area (TPSA) is 55.6 Å². The van der Waals surface area contributed by atoms with Gasteiger partial charge in [-0.3, -0.25) is 0 Å². The molecule has 0 aliphatic rings. The van der Waals surface area contributed by atoms with Gasteiger partial charge in [0.25, 0.3) is 0 Å². The SMILES string of the molecule is CCCc1nc(Br)cc(NCCCCn2ccnc2)n1. The number of nitrogens with zero attached hydrogens (tertiary/aromatic N) is 4. The number of imidazole rings is 1. The number of hydrogen-bond donors (Lipinski definition) is 1. The molecule has 0 aliphatic heterocycles. The van der Waals surface area contributed by atoms with Crippen LogP contribution in [0, 0.1) is 0 Å². The van der Waals surface area contributed by atoms with Crippen molar-refractivity contribution in [3.05, 3.63) is 35.2 Å². The quantitative estimate of drug-likeness (QED) is 0.593. The van der Waals surface area contributed by atoms with E-state index in [0.717, 1.165) is 55.0 Å². The van der Waals surface area contributed by atoms with Gasteiger partial charge in [-0.1, -0.05) is 6.92 Å². The van der Waals surface area contributed by atoms with Crippen molar-refractivity contribution in [3.63, 3.8) is 0 Å². The maximum Gasteiger partial charge on any atom is 0.132 e. The summed E-state index contributed by atoms with van der Waals surface area (Å²) in [6.45, 7) is 4.06. The molecule has 0 bridgehead atoms. The minimum absolute atomic E-state index is 0.844. The molecule has 0 fully saturated rings. The van der Waals surface area contributed by atoms with E-state index in [4.69, 9.17) is 0 Å². The smallest absolute Gasteiger partial charge is 0.132 e. The molecule has 0 aromatic carbocycles. The first kappa shape index (κ1) is 15.0. The van der Waals surface area contributed by atoms with Gasteiger partial charge in [-0.15, -0.1) is 0 Å². The van der Waals surface area contributed by atoms with Crippen LogP contribution in [0.1, 0.15) is 32.0 Å². The number of aromatic nitrogens is 4. The van der Waals surface area contributed by atoms with Gasteiger partial charge in [0, 0.05) is 38.0 Å². The highest BCUT2D eigenvalue weighted by Crippen LogP contribution is 2.13. The molecule has 0 unspecified atom stereocenters. The molecule has 2 aromatic rings. The zero-order chi connectivity index (χ0) is 14.2. The van der Waals surface area contributed by atoms with Gasteiger partial charge in [0.2, 0.25) is 0 Å². The van der Waals surface area contributed by atoms with Crippen molar-refractivity contribution in [2.24, 2.45) is 0 Å². The van der Waals surface area contributed by atoms with Crippen LogP contribution in [0.25, 0.3) is 0 Å². The Balaban J connectivity index is 1.73. The van der Waals surface area contributed by atoms with Crippen LogP contribution in [0.2, 0.25) is 0 Å². The fraction of sp³-hybridized carbons (Fsp3) is 0.500. The second-order valence-electron chi connectivity index (χ2n) is 4.68. The molecule has 108 valence electrons. The molecule has 2 rings (SSSR count). The molecule has 0 aliphatic carbocycles. The van der Waals surface area contributed by atoms with Crippen LogP contribution < -0.4 is 5.32 Å². The Morgan fingerprint density at radius 2 is 2.20 bits per heavy atom. The van der Waals surface area contributed by atoms with Crippen molar-refractivity contribution < 1.29 is 0 Å². The van der Waals surface area contributed by atoms with Crippen LogP contribution in [-0.4, -0.2) is 26.1 Å². The standard InChI is InChI=1S/C14H20BrN5/c1-2-5-13-18-12(15)10-14(19-13)17-6-3-4-8-20-9-7-16-11-20/h7,9-11H,2-6,8H2,1H3,(H,17,18,19). The molecule has 5 nitrogen and oxygen atoms in total. The fourth-order valence-electron chi connectivity index (χ4n) is 1.95. The normalized spacial score (nSPS) is 10.7. The maximum absolute atomic E-state index is 4.50. The summed E-state index contributed by atoms with van der Waals surface area (Å²) in [6.07, 6.45) is 9.85. The van der Waals surface area contributed by atoms with Gasteiger partial charge in [-0.2, -0.15) is 0 Å². The van der Waals surface area contributed by atoms with Gasteiger partial charge in [0.15, 0.2) is 0 Å². The first-order valence-corrected chi connectivity index (χ1v) is 7.80. The monoisotopic (exact) mass is 337 g/mol. The second kappa shape index (κ2) is 7.99. The second-order valence-corrected chi connectivity index (χ2v) is 5.49. The third kappa shape index (κ3) is 4.92. The molecule has 0 atom stereocenters. The zero-order valence-electron chi connectivity index (χ0n) is 11.7. The van der Waals surface area contributed by atoms with Crippen LogP contribution in [0.4, 0.5) is 5.82 Å². The lowest BCUT2D eigenvalue weighted by Gasteiger charge is -2.08. The number of hydrogen-bond acceptors (Lipinski definition) is 4. The van der Waals surface area contributed by atoms with E-state index in [2.05, 4.69) is 47.7 Å². The van der Waals surface area contributed by atoms with E-state index in [0.29, 0.717) is 0 Å². The van der Waals surface area contributed by atoms with E-state index in [1.54, 1.807) is 0 Å².